The Morgan fingerprint density at radius 1 is 1.71 bits per heavy atom. The quantitative estimate of drug-likeness (QED) is 0.735. The van der Waals surface area contributed by atoms with Gasteiger partial charge in [0.05, 0.1) is 11.7 Å². The molecule has 1 aromatic heterocycles. The van der Waals surface area contributed by atoms with E-state index in [1.165, 1.54) is 17.1 Å². The maximum Gasteiger partial charge on any atom is 0.0927 e. The van der Waals surface area contributed by atoms with E-state index in [1.807, 2.05) is 12.3 Å². The van der Waals surface area contributed by atoms with Crippen molar-refractivity contribution in [3.05, 3.63) is 23.2 Å². The maximum atomic E-state index is 4.09. The Balaban J connectivity index is 2.57. The predicted octanol–water partition coefficient (Wildman–Crippen LogP) is 2.55. The summed E-state index contributed by atoms with van der Waals surface area (Å²) in [5.41, 5.74) is 2.21. The molecule has 0 aliphatic heterocycles. The van der Waals surface area contributed by atoms with Crippen LogP contribution in [0.2, 0.25) is 0 Å². The van der Waals surface area contributed by atoms with Gasteiger partial charge in [-0.05, 0) is 37.8 Å². The van der Waals surface area contributed by atoms with Gasteiger partial charge in [0.15, 0.2) is 0 Å². The fraction of sp³-hybridized carbons (Fsp3) is 0.600. The topological polar surface area (TPSA) is 37.8 Å². The number of nitrogens with zero attached hydrogens (tertiary/aromatic N) is 2. The first-order chi connectivity index (χ1) is 6.74. The summed E-state index contributed by atoms with van der Waals surface area (Å²) in [5.74, 6) is 0. The van der Waals surface area contributed by atoms with Crippen molar-refractivity contribution in [2.45, 2.75) is 32.7 Å². The highest BCUT2D eigenvalue weighted by atomic mass is 32.1. The summed E-state index contributed by atoms with van der Waals surface area (Å²) in [5, 5.41) is 9.53. The fourth-order valence-electron chi connectivity index (χ4n) is 1.27. The Labute approximate surface area is 89.4 Å². The first kappa shape index (κ1) is 11.3. The van der Waals surface area contributed by atoms with Crippen molar-refractivity contribution < 1.29 is 0 Å². The lowest BCUT2D eigenvalue weighted by Gasteiger charge is -2.15. The van der Waals surface area contributed by atoms with E-state index < -0.39 is 0 Å². The molecule has 0 aliphatic rings. The Morgan fingerprint density at radius 2 is 2.50 bits per heavy atom. The van der Waals surface area contributed by atoms with E-state index in [9.17, 15) is 0 Å². The van der Waals surface area contributed by atoms with Crippen molar-refractivity contribution in [3.63, 3.8) is 0 Å². The standard InChI is InChI=1S/C10H17N3S/c1-4-5-11-9(6-8(2)3)10-7-14-13-12-10/h7,9,11H,2,4-6H2,1,3H3. The van der Waals surface area contributed by atoms with Crippen LogP contribution in [-0.4, -0.2) is 16.1 Å². The van der Waals surface area contributed by atoms with Crippen LogP contribution in [0.5, 0.6) is 0 Å². The number of aromatic nitrogens is 2. The van der Waals surface area contributed by atoms with Crippen LogP contribution in [0, 0.1) is 0 Å². The van der Waals surface area contributed by atoms with E-state index in [2.05, 4.69) is 28.4 Å². The molecule has 4 heteroatoms. The zero-order valence-corrected chi connectivity index (χ0v) is 9.60. The van der Waals surface area contributed by atoms with Crippen LogP contribution in [-0.2, 0) is 0 Å². The van der Waals surface area contributed by atoms with E-state index in [0.29, 0.717) is 0 Å². The van der Waals surface area contributed by atoms with Gasteiger partial charge < -0.3 is 5.32 Å². The van der Waals surface area contributed by atoms with Crippen LogP contribution in [0.15, 0.2) is 17.5 Å². The van der Waals surface area contributed by atoms with E-state index in [0.717, 1.165) is 25.1 Å². The monoisotopic (exact) mass is 211 g/mol. The molecule has 1 heterocycles. The van der Waals surface area contributed by atoms with Crippen LogP contribution in [0.4, 0.5) is 0 Å². The molecule has 0 saturated heterocycles. The SMILES string of the molecule is C=C(C)CC(NCCC)c1csnn1. The summed E-state index contributed by atoms with van der Waals surface area (Å²) in [4.78, 5) is 0. The van der Waals surface area contributed by atoms with Crippen molar-refractivity contribution in [1.29, 1.82) is 0 Å². The fourth-order valence-corrected chi connectivity index (χ4v) is 1.78. The molecule has 0 spiro atoms. The third-order valence-electron chi connectivity index (χ3n) is 1.93. The van der Waals surface area contributed by atoms with Crippen LogP contribution in [0.25, 0.3) is 0 Å². The molecule has 0 saturated carbocycles. The Bertz CT molecular complexity index is 269. The molecule has 1 aromatic rings. The molecule has 0 amide bonds. The highest BCUT2D eigenvalue weighted by Crippen LogP contribution is 2.18. The minimum Gasteiger partial charge on any atom is -0.308 e. The Morgan fingerprint density at radius 3 is 3.00 bits per heavy atom. The molecule has 14 heavy (non-hydrogen) atoms. The van der Waals surface area contributed by atoms with Crippen LogP contribution < -0.4 is 5.32 Å². The lowest BCUT2D eigenvalue weighted by Crippen LogP contribution is -2.22. The van der Waals surface area contributed by atoms with Gasteiger partial charge in [0.25, 0.3) is 0 Å². The maximum absolute atomic E-state index is 4.09. The second kappa shape index (κ2) is 5.88. The van der Waals surface area contributed by atoms with Crippen LogP contribution in [0.1, 0.15) is 38.4 Å². The van der Waals surface area contributed by atoms with Gasteiger partial charge in [0.1, 0.15) is 0 Å². The average Bonchev–Trinajstić information content (AvgIpc) is 2.64. The Kier molecular flexibility index (Phi) is 4.76. The van der Waals surface area contributed by atoms with Crippen molar-refractivity contribution in [1.82, 2.24) is 14.9 Å². The summed E-state index contributed by atoms with van der Waals surface area (Å²) >= 11 is 1.40. The van der Waals surface area contributed by atoms with Crippen LogP contribution >= 0.6 is 11.5 Å². The van der Waals surface area contributed by atoms with E-state index in [4.69, 9.17) is 0 Å². The van der Waals surface area contributed by atoms with Gasteiger partial charge >= 0.3 is 0 Å². The van der Waals surface area contributed by atoms with Gasteiger partial charge in [-0.3, -0.25) is 0 Å². The lowest BCUT2D eigenvalue weighted by molar-refractivity contribution is 0.515. The Hall–Kier alpha value is -0.740. The number of hydrogen-bond acceptors (Lipinski definition) is 4. The zero-order chi connectivity index (χ0) is 10.4. The second-order valence-electron chi connectivity index (χ2n) is 3.50. The highest BCUT2D eigenvalue weighted by molar-refractivity contribution is 7.03. The third kappa shape index (κ3) is 3.55. The molecule has 0 aromatic carbocycles. The van der Waals surface area contributed by atoms with Gasteiger partial charge in [0, 0.05) is 5.38 Å². The minimum absolute atomic E-state index is 0.284. The van der Waals surface area contributed by atoms with Crippen LogP contribution in [0.3, 0.4) is 0 Å². The van der Waals surface area contributed by atoms with Gasteiger partial charge in [-0.25, -0.2) is 0 Å². The van der Waals surface area contributed by atoms with Gasteiger partial charge in [-0.1, -0.05) is 17.0 Å². The molecule has 1 rings (SSSR count). The normalized spacial score (nSPS) is 12.7. The van der Waals surface area contributed by atoms with E-state index >= 15 is 0 Å². The minimum atomic E-state index is 0.284. The molecule has 1 unspecified atom stereocenters. The third-order valence-corrected chi connectivity index (χ3v) is 2.45. The number of nitrogens with one attached hydrogen (secondary N) is 1. The molecule has 1 N–H and O–H groups in total. The summed E-state index contributed by atoms with van der Waals surface area (Å²) < 4.78 is 3.88. The molecule has 1 atom stereocenters. The molecular formula is C10H17N3S. The largest absolute Gasteiger partial charge is 0.308 e. The predicted molar refractivity (Wildman–Crippen MR) is 60.4 cm³/mol. The first-order valence-electron chi connectivity index (χ1n) is 4.88. The smallest absolute Gasteiger partial charge is 0.0927 e. The summed E-state index contributed by atoms with van der Waals surface area (Å²) in [7, 11) is 0. The summed E-state index contributed by atoms with van der Waals surface area (Å²) in [6.45, 7) is 9.14. The molecule has 3 nitrogen and oxygen atoms in total. The lowest BCUT2D eigenvalue weighted by atomic mass is 10.1. The first-order valence-corrected chi connectivity index (χ1v) is 5.72. The van der Waals surface area contributed by atoms with Crippen molar-refractivity contribution in [2.75, 3.05) is 6.54 Å². The second-order valence-corrected chi connectivity index (χ2v) is 4.11. The van der Waals surface area contributed by atoms with Crippen molar-refractivity contribution in [3.8, 4) is 0 Å². The molecule has 0 bridgehead atoms. The van der Waals surface area contributed by atoms with E-state index in [1.54, 1.807) is 0 Å². The number of hydrogen-bond donors (Lipinski definition) is 1. The number of rotatable bonds is 6. The van der Waals surface area contributed by atoms with Gasteiger partial charge in [-0.2, -0.15) is 0 Å². The van der Waals surface area contributed by atoms with Crippen molar-refractivity contribution in [2.24, 2.45) is 0 Å². The van der Waals surface area contributed by atoms with Gasteiger partial charge in [-0.15, -0.1) is 11.7 Å². The highest BCUT2D eigenvalue weighted by Gasteiger charge is 2.12. The molecule has 78 valence electrons. The molecular weight excluding hydrogens is 194 g/mol. The summed E-state index contributed by atoms with van der Waals surface area (Å²) in [6, 6.07) is 0.284. The molecule has 0 fully saturated rings. The van der Waals surface area contributed by atoms with E-state index in [-0.39, 0.29) is 6.04 Å². The molecule has 0 radical (unpaired) electrons. The average molecular weight is 211 g/mol. The summed E-state index contributed by atoms with van der Waals surface area (Å²) in [6.07, 6.45) is 2.07. The molecule has 0 aliphatic carbocycles. The van der Waals surface area contributed by atoms with Crippen molar-refractivity contribution >= 4 is 11.5 Å². The zero-order valence-electron chi connectivity index (χ0n) is 8.79. The van der Waals surface area contributed by atoms with Gasteiger partial charge in [0.2, 0.25) is 0 Å².